The number of amides is 2. The molecule has 1 N–H and O–H groups in total. The van der Waals surface area contributed by atoms with Crippen LogP contribution in [0.25, 0.3) is 10.9 Å². The van der Waals surface area contributed by atoms with Crippen molar-refractivity contribution in [1.82, 2.24) is 9.88 Å². The van der Waals surface area contributed by atoms with Gasteiger partial charge in [-0.3, -0.25) is 4.98 Å². The fourth-order valence-corrected chi connectivity index (χ4v) is 3.75. The Morgan fingerprint density at radius 3 is 2.75 bits per heavy atom. The van der Waals surface area contributed by atoms with Crippen molar-refractivity contribution in [3.05, 3.63) is 60.3 Å². The molecule has 0 unspecified atom stereocenters. The van der Waals surface area contributed by atoms with Crippen LogP contribution in [0.5, 0.6) is 11.5 Å². The zero-order valence-electron chi connectivity index (χ0n) is 16.0. The van der Waals surface area contributed by atoms with E-state index in [1.54, 1.807) is 20.4 Å². The number of carbonyl (C=O) groups excluding carboxylic acids is 1. The second-order valence-electron chi connectivity index (χ2n) is 6.81. The van der Waals surface area contributed by atoms with Crippen LogP contribution in [-0.2, 0) is 0 Å². The first-order chi connectivity index (χ1) is 13.7. The van der Waals surface area contributed by atoms with Gasteiger partial charge >= 0.3 is 6.03 Å². The molecule has 0 saturated carbocycles. The average molecular weight is 377 g/mol. The topological polar surface area (TPSA) is 63.7 Å². The van der Waals surface area contributed by atoms with E-state index in [1.807, 2.05) is 53.4 Å². The van der Waals surface area contributed by atoms with Crippen molar-refractivity contribution >= 4 is 22.6 Å². The maximum absolute atomic E-state index is 12.9. The molecule has 0 radical (unpaired) electrons. The summed E-state index contributed by atoms with van der Waals surface area (Å²) in [6, 6.07) is 15.5. The normalized spacial score (nSPS) is 16.2. The highest BCUT2D eigenvalue weighted by atomic mass is 16.5. The van der Waals surface area contributed by atoms with Crippen LogP contribution in [0, 0.1) is 0 Å². The Balaban J connectivity index is 1.54. The van der Waals surface area contributed by atoms with E-state index in [4.69, 9.17) is 9.47 Å². The summed E-state index contributed by atoms with van der Waals surface area (Å²) < 4.78 is 10.7. The lowest BCUT2D eigenvalue weighted by atomic mass is 10.0. The number of methoxy groups -OCH3 is 2. The first-order valence-corrected chi connectivity index (χ1v) is 9.34. The molecule has 1 aliphatic heterocycles. The summed E-state index contributed by atoms with van der Waals surface area (Å²) in [6.45, 7) is 0.714. The van der Waals surface area contributed by atoms with Gasteiger partial charge in [0.05, 0.1) is 37.7 Å². The Hall–Kier alpha value is -3.28. The Bertz CT molecular complexity index is 1010. The van der Waals surface area contributed by atoms with E-state index in [-0.39, 0.29) is 12.1 Å². The van der Waals surface area contributed by atoms with Gasteiger partial charge in [-0.15, -0.1) is 0 Å². The summed E-state index contributed by atoms with van der Waals surface area (Å²) in [4.78, 5) is 19.2. The molecule has 0 aliphatic carbocycles. The fraction of sp³-hybridized carbons (Fsp3) is 0.273. The zero-order valence-corrected chi connectivity index (χ0v) is 16.0. The van der Waals surface area contributed by atoms with Gasteiger partial charge in [-0.25, -0.2) is 4.79 Å². The lowest BCUT2D eigenvalue weighted by Crippen LogP contribution is -2.34. The summed E-state index contributed by atoms with van der Waals surface area (Å²) in [7, 11) is 3.23. The number of benzene rings is 2. The highest BCUT2D eigenvalue weighted by Gasteiger charge is 2.30. The third kappa shape index (κ3) is 3.45. The predicted octanol–water partition coefficient (Wildman–Crippen LogP) is 4.62. The maximum Gasteiger partial charge on any atom is 0.322 e. The highest BCUT2D eigenvalue weighted by molar-refractivity contribution is 5.92. The van der Waals surface area contributed by atoms with Crippen LogP contribution in [-0.4, -0.2) is 36.7 Å². The van der Waals surface area contributed by atoms with E-state index >= 15 is 0 Å². The summed E-state index contributed by atoms with van der Waals surface area (Å²) in [5.74, 6) is 1.36. The van der Waals surface area contributed by atoms with Crippen molar-refractivity contribution < 1.29 is 14.3 Å². The molecule has 1 fully saturated rings. The van der Waals surface area contributed by atoms with Gasteiger partial charge in [0.1, 0.15) is 0 Å². The predicted molar refractivity (Wildman–Crippen MR) is 109 cm³/mol. The van der Waals surface area contributed by atoms with Crippen LogP contribution in [0.3, 0.4) is 0 Å². The number of likely N-dealkylation sites (tertiary alicyclic amines) is 1. The molecular weight excluding hydrogens is 354 g/mol. The van der Waals surface area contributed by atoms with Crippen molar-refractivity contribution in [2.24, 2.45) is 0 Å². The van der Waals surface area contributed by atoms with Crippen molar-refractivity contribution in [1.29, 1.82) is 0 Å². The Labute approximate surface area is 164 Å². The number of ether oxygens (including phenoxy) is 2. The second-order valence-corrected chi connectivity index (χ2v) is 6.81. The van der Waals surface area contributed by atoms with E-state index in [9.17, 15) is 4.79 Å². The van der Waals surface area contributed by atoms with Gasteiger partial charge < -0.3 is 19.7 Å². The first-order valence-electron chi connectivity index (χ1n) is 9.34. The Morgan fingerprint density at radius 1 is 1.11 bits per heavy atom. The minimum Gasteiger partial charge on any atom is -0.493 e. The lowest BCUT2D eigenvalue weighted by molar-refractivity contribution is 0.207. The number of aromatic nitrogens is 1. The highest BCUT2D eigenvalue weighted by Crippen LogP contribution is 2.37. The molecule has 1 atom stereocenters. The molecule has 1 saturated heterocycles. The van der Waals surface area contributed by atoms with Crippen LogP contribution < -0.4 is 14.8 Å². The van der Waals surface area contributed by atoms with E-state index in [0.717, 1.165) is 29.3 Å². The standard InChI is InChI=1S/C22H23N3O3/c1-27-20-10-9-16(13-21(20)28-2)19-8-5-11-25(19)22(26)24-17-12-15-6-3-4-7-18(15)23-14-17/h3-4,6-7,9-10,12-14,19H,5,8,11H2,1-2H3,(H,24,26)/t19-/m0/s1. The van der Waals surface area contributed by atoms with E-state index in [2.05, 4.69) is 10.3 Å². The van der Waals surface area contributed by atoms with Crippen LogP contribution in [0.15, 0.2) is 54.7 Å². The molecule has 1 aliphatic rings. The minimum atomic E-state index is -0.116. The number of nitrogens with zero attached hydrogens (tertiary/aromatic N) is 2. The molecule has 2 heterocycles. The number of hydrogen-bond donors (Lipinski definition) is 1. The molecule has 6 heteroatoms. The smallest absolute Gasteiger partial charge is 0.322 e. The van der Waals surface area contributed by atoms with Gasteiger partial charge in [-0.2, -0.15) is 0 Å². The monoisotopic (exact) mass is 377 g/mol. The van der Waals surface area contributed by atoms with Gasteiger partial charge in [0, 0.05) is 11.9 Å². The van der Waals surface area contributed by atoms with Crippen LogP contribution >= 0.6 is 0 Å². The molecule has 144 valence electrons. The van der Waals surface area contributed by atoms with E-state index in [0.29, 0.717) is 23.7 Å². The molecular formula is C22H23N3O3. The van der Waals surface area contributed by atoms with Gasteiger partial charge in [0.15, 0.2) is 11.5 Å². The number of para-hydroxylation sites is 1. The maximum atomic E-state index is 12.9. The number of carbonyl (C=O) groups is 1. The van der Waals surface area contributed by atoms with Gasteiger partial charge in [0.25, 0.3) is 0 Å². The fourth-order valence-electron chi connectivity index (χ4n) is 3.75. The van der Waals surface area contributed by atoms with Crippen molar-refractivity contribution in [2.75, 3.05) is 26.1 Å². The largest absolute Gasteiger partial charge is 0.493 e. The zero-order chi connectivity index (χ0) is 19.5. The molecule has 3 aromatic rings. The molecule has 2 amide bonds. The van der Waals surface area contributed by atoms with Crippen LogP contribution in [0.4, 0.5) is 10.5 Å². The molecule has 0 spiro atoms. The van der Waals surface area contributed by atoms with Gasteiger partial charge in [0.2, 0.25) is 0 Å². The van der Waals surface area contributed by atoms with Gasteiger partial charge in [-0.05, 0) is 42.7 Å². The van der Waals surface area contributed by atoms with E-state index in [1.165, 1.54) is 0 Å². The number of urea groups is 1. The Kier molecular flexibility index (Phi) is 5.02. The van der Waals surface area contributed by atoms with Gasteiger partial charge in [-0.1, -0.05) is 24.3 Å². The molecule has 2 aromatic carbocycles. The summed E-state index contributed by atoms with van der Waals surface area (Å²) in [5, 5.41) is 3.99. The molecule has 1 aromatic heterocycles. The van der Waals surface area contributed by atoms with Crippen molar-refractivity contribution in [3.63, 3.8) is 0 Å². The molecule has 6 nitrogen and oxygen atoms in total. The molecule has 4 rings (SSSR count). The SMILES string of the molecule is COc1ccc([C@@H]2CCCN2C(=O)Nc2cnc3ccccc3c2)cc1OC. The van der Waals surface area contributed by atoms with Crippen LogP contribution in [0.2, 0.25) is 0 Å². The van der Waals surface area contributed by atoms with Crippen molar-refractivity contribution in [2.45, 2.75) is 18.9 Å². The van der Waals surface area contributed by atoms with Crippen LogP contribution in [0.1, 0.15) is 24.4 Å². The molecule has 28 heavy (non-hydrogen) atoms. The number of rotatable bonds is 4. The van der Waals surface area contributed by atoms with Crippen molar-refractivity contribution in [3.8, 4) is 11.5 Å². The molecule has 0 bridgehead atoms. The number of hydrogen-bond acceptors (Lipinski definition) is 4. The minimum absolute atomic E-state index is 0.00761. The first kappa shape index (κ1) is 18.1. The number of nitrogens with one attached hydrogen (secondary N) is 1. The second kappa shape index (κ2) is 7.76. The summed E-state index contributed by atoms with van der Waals surface area (Å²) in [6.07, 6.45) is 3.57. The summed E-state index contributed by atoms with van der Waals surface area (Å²) in [5.41, 5.74) is 2.65. The Morgan fingerprint density at radius 2 is 1.93 bits per heavy atom. The number of anilines is 1. The average Bonchev–Trinajstić information content (AvgIpc) is 3.23. The quantitative estimate of drug-likeness (QED) is 0.720. The third-order valence-electron chi connectivity index (χ3n) is 5.15. The lowest BCUT2D eigenvalue weighted by Gasteiger charge is -2.26. The third-order valence-corrected chi connectivity index (χ3v) is 5.15. The summed E-state index contributed by atoms with van der Waals surface area (Å²) >= 11 is 0. The number of pyridine rings is 1. The van der Waals surface area contributed by atoms with E-state index < -0.39 is 0 Å². The number of fused-ring (bicyclic) bond motifs is 1.